The summed E-state index contributed by atoms with van der Waals surface area (Å²) in [4.78, 5) is 2.19. The fraction of sp³-hybridized carbons (Fsp3) is 0.667. The minimum Gasteiger partial charge on any atom is -0.492 e. The van der Waals surface area contributed by atoms with Crippen molar-refractivity contribution in [1.82, 2.24) is 19.9 Å². The van der Waals surface area contributed by atoms with Crippen LogP contribution in [0.1, 0.15) is 32.1 Å². The second-order valence-electron chi connectivity index (χ2n) is 7.20. The van der Waals surface area contributed by atoms with Crippen LogP contribution in [0, 0.1) is 5.92 Å². The van der Waals surface area contributed by atoms with Gasteiger partial charge in [0, 0.05) is 19.6 Å². The summed E-state index contributed by atoms with van der Waals surface area (Å²) < 4.78 is 22.2. The molecule has 1 aromatic heterocycles. The minimum absolute atomic E-state index is 0.569. The van der Waals surface area contributed by atoms with E-state index in [1.165, 1.54) is 12.8 Å². The van der Waals surface area contributed by atoms with Crippen molar-refractivity contribution in [2.75, 3.05) is 26.2 Å². The molecule has 1 saturated heterocycles. The number of likely N-dealkylation sites (tertiary alicyclic amines) is 1. The van der Waals surface area contributed by atoms with E-state index in [4.69, 9.17) is 4.74 Å². The summed E-state index contributed by atoms with van der Waals surface area (Å²) in [6.07, 6.45) is 4.49. The largest absolute Gasteiger partial charge is 0.492 e. The van der Waals surface area contributed by atoms with E-state index < -0.39 is 6.17 Å². The molecule has 1 unspecified atom stereocenters. The Morgan fingerprint density at radius 2 is 2.16 bits per heavy atom. The van der Waals surface area contributed by atoms with Gasteiger partial charge >= 0.3 is 0 Å². The second-order valence-corrected chi connectivity index (χ2v) is 8.00. The van der Waals surface area contributed by atoms with Crippen LogP contribution >= 0.6 is 15.9 Å². The van der Waals surface area contributed by atoms with Crippen molar-refractivity contribution in [1.29, 1.82) is 0 Å². The highest BCUT2D eigenvalue weighted by Gasteiger charge is 2.24. The van der Waals surface area contributed by atoms with Gasteiger partial charge in [0.2, 0.25) is 0 Å². The van der Waals surface area contributed by atoms with Gasteiger partial charge < -0.3 is 9.64 Å². The van der Waals surface area contributed by atoms with E-state index in [0.29, 0.717) is 19.6 Å². The van der Waals surface area contributed by atoms with E-state index in [1.54, 1.807) is 0 Å². The number of hydrogen-bond acceptors (Lipinski definition) is 4. The summed E-state index contributed by atoms with van der Waals surface area (Å²) in [7, 11) is 0. The number of fused-ring (bicyclic) bond motifs is 1. The predicted molar refractivity (Wildman–Crippen MR) is 98.6 cm³/mol. The highest BCUT2D eigenvalue weighted by Crippen LogP contribution is 2.34. The van der Waals surface area contributed by atoms with Crippen LogP contribution in [0.15, 0.2) is 16.6 Å². The highest BCUT2D eigenvalue weighted by atomic mass is 79.9. The maximum atomic E-state index is 13.4. The van der Waals surface area contributed by atoms with Gasteiger partial charge in [-0.1, -0.05) is 5.21 Å². The molecule has 2 aromatic rings. The first kappa shape index (κ1) is 17.2. The third kappa shape index (κ3) is 4.14. The Bertz CT molecular complexity index is 733. The van der Waals surface area contributed by atoms with E-state index in [-0.39, 0.29) is 0 Å². The van der Waals surface area contributed by atoms with Crippen molar-refractivity contribution in [3.8, 4) is 5.75 Å². The number of hydrogen-bond donors (Lipinski definition) is 0. The molecule has 2 fully saturated rings. The van der Waals surface area contributed by atoms with Crippen LogP contribution < -0.4 is 4.74 Å². The Hall–Kier alpha value is -1.21. The lowest BCUT2D eigenvalue weighted by Crippen LogP contribution is -2.37. The molecule has 25 heavy (non-hydrogen) atoms. The number of piperidine rings is 1. The number of halogens is 2. The molecule has 1 aliphatic heterocycles. The lowest BCUT2D eigenvalue weighted by Gasteiger charge is -2.28. The molecule has 0 bridgehead atoms. The molecule has 1 atom stereocenters. The highest BCUT2D eigenvalue weighted by molar-refractivity contribution is 9.10. The summed E-state index contributed by atoms with van der Waals surface area (Å²) in [6.45, 7) is 4.03. The van der Waals surface area contributed by atoms with Gasteiger partial charge in [-0.25, -0.2) is 9.07 Å². The monoisotopic (exact) mass is 410 g/mol. The van der Waals surface area contributed by atoms with Gasteiger partial charge in [0.15, 0.2) is 0 Å². The van der Waals surface area contributed by atoms with Gasteiger partial charge in [0.25, 0.3) is 0 Å². The number of alkyl halides is 1. The van der Waals surface area contributed by atoms with Crippen LogP contribution in [0.5, 0.6) is 5.75 Å². The molecule has 2 heterocycles. The van der Waals surface area contributed by atoms with Crippen LogP contribution in [0.25, 0.3) is 11.0 Å². The topological polar surface area (TPSA) is 43.2 Å². The first-order valence-electron chi connectivity index (χ1n) is 9.21. The van der Waals surface area contributed by atoms with Gasteiger partial charge in [0.05, 0.1) is 16.6 Å². The van der Waals surface area contributed by atoms with E-state index in [0.717, 1.165) is 59.6 Å². The average molecular weight is 411 g/mol. The molecule has 7 heteroatoms. The zero-order chi connectivity index (χ0) is 17.2. The van der Waals surface area contributed by atoms with Crippen LogP contribution in [0.4, 0.5) is 4.39 Å². The number of ether oxygens (including phenoxy) is 1. The third-order valence-corrected chi connectivity index (χ3v) is 5.81. The van der Waals surface area contributed by atoms with Crippen LogP contribution in [0.2, 0.25) is 0 Å². The molecule has 0 amide bonds. The van der Waals surface area contributed by atoms with Crippen molar-refractivity contribution in [2.24, 2.45) is 5.92 Å². The Morgan fingerprint density at radius 3 is 2.96 bits per heavy atom. The van der Waals surface area contributed by atoms with E-state index in [1.807, 2.05) is 16.8 Å². The Morgan fingerprint density at radius 1 is 1.28 bits per heavy atom. The molecule has 4 rings (SSSR count). The molecular formula is C18H24BrFN4O. The van der Waals surface area contributed by atoms with Crippen molar-refractivity contribution in [3.05, 3.63) is 16.6 Å². The van der Waals surface area contributed by atoms with Crippen molar-refractivity contribution in [2.45, 2.75) is 44.8 Å². The first-order valence-corrected chi connectivity index (χ1v) is 10.0. The maximum absolute atomic E-state index is 13.4. The third-order valence-electron chi connectivity index (χ3n) is 5.04. The number of aromatic nitrogens is 3. The molecule has 0 radical (unpaired) electrons. The Balaban J connectivity index is 1.32. The number of rotatable bonds is 7. The summed E-state index contributed by atoms with van der Waals surface area (Å²) in [5.41, 5.74) is 1.91. The summed E-state index contributed by atoms with van der Waals surface area (Å²) in [5, 5.41) is 8.59. The first-order chi connectivity index (χ1) is 12.2. The Labute approximate surface area is 155 Å². The van der Waals surface area contributed by atoms with Crippen LogP contribution in [-0.2, 0) is 6.54 Å². The summed E-state index contributed by atoms with van der Waals surface area (Å²) in [6, 6.07) is 4.02. The van der Waals surface area contributed by atoms with Gasteiger partial charge in [-0.2, -0.15) is 0 Å². The quantitative estimate of drug-likeness (QED) is 0.650. The zero-order valence-electron chi connectivity index (χ0n) is 14.3. The molecule has 1 aromatic carbocycles. The zero-order valence-corrected chi connectivity index (χ0v) is 15.9. The molecule has 136 valence electrons. The van der Waals surface area contributed by atoms with E-state index in [9.17, 15) is 4.39 Å². The molecule has 2 aliphatic rings. The summed E-state index contributed by atoms with van der Waals surface area (Å²) in [5.74, 6) is 1.56. The van der Waals surface area contributed by atoms with Crippen LogP contribution in [0.3, 0.4) is 0 Å². The number of benzene rings is 1. The summed E-state index contributed by atoms with van der Waals surface area (Å²) >= 11 is 3.61. The normalized spacial score (nSPS) is 21.8. The smallest absolute Gasteiger partial charge is 0.135 e. The molecule has 0 N–H and O–H groups in total. The molecular weight excluding hydrogens is 387 g/mol. The standard InChI is InChI=1S/C18H24BrFN4O/c19-17-16(25-10-2-9-23-8-1-3-14(20)12-23)7-6-15-18(17)21-22-24(15)11-13-4-5-13/h6-7,13-14H,1-5,8-12H2. The molecule has 1 saturated carbocycles. The minimum atomic E-state index is -0.663. The second kappa shape index (κ2) is 7.58. The van der Waals surface area contributed by atoms with Crippen LogP contribution in [-0.4, -0.2) is 52.3 Å². The van der Waals surface area contributed by atoms with Gasteiger partial charge in [-0.05, 0) is 72.6 Å². The molecule has 5 nitrogen and oxygen atoms in total. The lowest BCUT2D eigenvalue weighted by molar-refractivity contribution is 0.131. The number of nitrogens with zero attached hydrogens (tertiary/aromatic N) is 4. The van der Waals surface area contributed by atoms with Gasteiger partial charge in [0.1, 0.15) is 17.4 Å². The average Bonchev–Trinajstić information content (AvgIpc) is 3.32. The Kier molecular flexibility index (Phi) is 5.22. The van der Waals surface area contributed by atoms with E-state index in [2.05, 4.69) is 31.1 Å². The SMILES string of the molecule is FC1CCCN(CCCOc2ccc3c(nnn3CC3CC3)c2Br)C1. The lowest BCUT2D eigenvalue weighted by atomic mass is 10.1. The predicted octanol–water partition coefficient (Wildman–Crippen LogP) is 3.81. The maximum Gasteiger partial charge on any atom is 0.135 e. The fourth-order valence-electron chi connectivity index (χ4n) is 3.45. The molecule has 1 aliphatic carbocycles. The van der Waals surface area contributed by atoms with Crippen molar-refractivity contribution in [3.63, 3.8) is 0 Å². The van der Waals surface area contributed by atoms with Gasteiger partial charge in [-0.15, -0.1) is 5.10 Å². The molecule has 0 spiro atoms. The van der Waals surface area contributed by atoms with Crippen molar-refractivity contribution < 1.29 is 9.13 Å². The van der Waals surface area contributed by atoms with Crippen molar-refractivity contribution >= 4 is 27.0 Å². The van der Waals surface area contributed by atoms with Gasteiger partial charge in [-0.3, -0.25) is 0 Å². The fourth-order valence-corrected chi connectivity index (χ4v) is 3.98. The van der Waals surface area contributed by atoms with E-state index >= 15 is 0 Å².